The molecule has 1 aromatic heterocycles. The molecule has 3 aromatic rings. The molecule has 1 saturated carbocycles. The highest BCUT2D eigenvalue weighted by atomic mass is 32.2. The highest BCUT2D eigenvalue weighted by molar-refractivity contribution is 7.89. The Balaban J connectivity index is 1.24. The number of anilines is 4. The first-order valence-corrected chi connectivity index (χ1v) is 13.8. The molecule has 1 saturated heterocycles. The molecular formula is C25H30FN7O2S. The van der Waals surface area contributed by atoms with E-state index in [9.17, 15) is 12.8 Å². The molecule has 0 atom stereocenters. The zero-order valence-electron chi connectivity index (χ0n) is 20.4. The first-order chi connectivity index (χ1) is 17.3. The van der Waals surface area contributed by atoms with E-state index >= 15 is 0 Å². The van der Waals surface area contributed by atoms with Crippen LogP contribution in [0.3, 0.4) is 0 Å². The standard InChI is InChI=1S/C25H30FN7O2S/c1-3-10-31-16-21(15-27-31)36(34,35)32-12-11-30(17-25(32)8-9-25)23-14-22-24(13-18(23)2)33(29-28-22)20-6-4-19(26)5-7-20/h4-7,13-16,28-29H,3,8-12,17H2,1-2H3. The number of hydrogen-bond donors (Lipinski definition) is 2. The average Bonchev–Trinajstić information content (AvgIpc) is 3.26. The molecule has 6 rings (SSSR count). The molecule has 3 aliphatic rings. The third-order valence-electron chi connectivity index (χ3n) is 7.35. The summed E-state index contributed by atoms with van der Waals surface area (Å²) < 4.78 is 43.8. The maximum Gasteiger partial charge on any atom is 0.246 e. The molecule has 0 amide bonds. The molecule has 190 valence electrons. The van der Waals surface area contributed by atoms with Crippen molar-refractivity contribution in [3.05, 3.63) is 60.2 Å². The number of halogens is 1. The Bertz CT molecular complexity index is 1400. The summed E-state index contributed by atoms with van der Waals surface area (Å²) in [7, 11) is -3.60. The van der Waals surface area contributed by atoms with E-state index in [4.69, 9.17) is 0 Å². The number of piperazine rings is 1. The summed E-state index contributed by atoms with van der Waals surface area (Å²) in [6.07, 6.45) is 5.74. The molecule has 3 heterocycles. The van der Waals surface area contributed by atoms with E-state index in [-0.39, 0.29) is 16.3 Å². The van der Waals surface area contributed by atoms with Crippen LogP contribution in [0.5, 0.6) is 0 Å². The highest BCUT2D eigenvalue weighted by Crippen LogP contribution is 2.48. The summed E-state index contributed by atoms with van der Waals surface area (Å²) >= 11 is 0. The molecule has 2 aromatic carbocycles. The molecule has 2 N–H and O–H groups in total. The van der Waals surface area contributed by atoms with Crippen molar-refractivity contribution in [3.8, 4) is 0 Å². The van der Waals surface area contributed by atoms with Crippen LogP contribution in [0.2, 0.25) is 0 Å². The predicted octanol–water partition coefficient (Wildman–Crippen LogP) is 3.77. The van der Waals surface area contributed by atoms with E-state index in [0.29, 0.717) is 26.2 Å². The molecule has 2 aliphatic heterocycles. The minimum absolute atomic E-state index is 0.275. The van der Waals surface area contributed by atoms with Gasteiger partial charge in [-0.1, -0.05) is 6.92 Å². The Hall–Kier alpha value is -3.15. The minimum Gasteiger partial charge on any atom is -0.368 e. The van der Waals surface area contributed by atoms with Crippen molar-refractivity contribution in [2.75, 3.05) is 35.0 Å². The second kappa shape index (κ2) is 8.46. The Morgan fingerprint density at radius 3 is 2.61 bits per heavy atom. The minimum atomic E-state index is -3.60. The van der Waals surface area contributed by atoms with Gasteiger partial charge in [0.25, 0.3) is 0 Å². The summed E-state index contributed by atoms with van der Waals surface area (Å²) in [4.78, 5) is 2.58. The molecular weight excluding hydrogens is 481 g/mol. The van der Waals surface area contributed by atoms with Crippen LogP contribution in [0.15, 0.2) is 53.7 Å². The van der Waals surface area contributed by atoms with Crippen molar-refractivity contribution in [2.24, 2.45) is 0 Å². The van der Waals surface area contributed by atoms with Crippen LogP contribution >= 0.6 is 0 Å². The summed E-state index contributed by atoms with van der Waals surface area (Å²) in [5, 5.41) is 6.13. The van der Waals surface area contributed by atoms with Crippen molar-refractivity contribution in [1.29, 1.82) is 0 Å². The van der Waals surface area contributed by atoms with E-state index in [1.54, 1.807) is 27.3 Å². The quantitative estimate of drug-likeness (QED) is 0.521. The first kappa shape index (κ1) is 23.3. The number of hydrogen-bond acceptors (Lipinski definition) is 7. The van der Waals surface area contributed by atoms with Crippen LogP contribution in [-0.4, -0.2) is 47.7 Å². The van der Waals surface area contributed by atoms with Crippen molar-refractivity contribution < 1.29 is 12.8 Å². The summed E-state index contributed by atoms with van der Waals surface area (Å²) in [5.74, 6) is -0.275. The third-order valence-corrected chi connectivity index (χ3v) is 9.30. The van der Waals surface area contributed by atoms with Gasteiger partial charge < -0.3 is 10.3 Å². The van der Waals surface area contributed by atoms with E-state index in [1.807, 2.05) is 11.9 Å². The molecule has 0 unspecified atom stereocenters. The lowest BCUT2D eigenvalue weighted by molar-refractivity contribution is 0.271. The van der Waals surface area contributed by atoms with Gasteiger partial charge in [-0.25, -0.2) is 12.8 Å². The second-order valence-electron chi connectivity index (χ2n) is 9.87. The van der Waals surface area contributed by atoms with Crippen LogP contribution in [-0.2, 0) is 16.6 Å². The maximum atomic E-state index is 13.5. The SMILES string of the molecule is CCCn1cc(S(=O)(=O)N2CCN(c3cc4c(cc3C)N(c3ccc(F)cc3)NN4)CC23CC3)cn1. The Morgan fingerprint density at radius 2 is 1.89 bits per heavy atom. The number of fused-ring (bicyclic) bond motifs is 1. The first-order valence-electron chi connectivity index (χ1n) is 12.3. The van der Waals surface area contributed by atoms with Crippen LogP contribution in [0, 0.1) is 12.7 Å². The fraction of sp³-hybridized carbons (Fsp3) is 0.400. The van der Waals surface area contributed by atoms with Gasteiger partial charge in [-0.15, -0.1) is 5.53 Å². The zero-order valence-corrected chi connectivity index (χ0v) is 21.2. The molecule has 36 heavy (non-hydrogen) atoms. The van der Waals surface area contributed by atoms with Gasteiger partial charge in [0.15, 0.2) is 0 Å². The van der Waals surface area contributed by atoms with Gasteiger partial charge in [-0.2, -0.15) is 9.40 Å². The molecule has 9 nitrogen and oxygen atoms in total. The number of rotatable bonds is 6. The van der Waals surface area contributed by atoms with Gasteiger partial charge in [0.05, 0.1) is 28.8 Å². The zero-order chi connectivity index (χ0) is 25.1. The van der Waals surface area contributed by atoms with Crippen LogP contribution in [0.1, 0.15) is 31.7 Å². The molecule has 1 spiro atoms. The fourth-order valence-corrected chi connectivity index (χ4v) is 7.09. The molecule has 0 radical (unpaired) electrons. The number of aromatic nitrogens is 2. The lowest BCUT2D eigenvalue weighted by Crippen LogP contribution is -2.57. The van der Waals surface area contributed by atoms with E-state index in [2.05, 4.69) is 40.0 Å². The van der Waals surface area contributed by atoms with Gasteiger partial charge in [0, 0.05) is 38.1 Å². The lowest BCUT2D eigenvalue weighted by Gasteiger charge is -2.42. The smallest absolute Gasteiger partial charge is 0.246 e. The van der Waals surface area contributed by atoms with Gasteiger partial charge in [0.1, 0.15) is 10.7 Å². The van der Waals surface area contributed by atoms with E-state index in [1.165, 1.54) is 18.3 Å². The third kappa shape index (κ3) is 3.82. The van der Waals surface area contributed by atoms with Crippen LogP contribution < -0.4 is 20.9 Å². The highest BCUT2D eigenvalue weighted by Gasteiger charge is 2.56. The average molecular weight is 512 g/mol. The van der Waals surface area contributed by atoms with Crippen LogP contribution in [0.25, 0.3) is 0 Å². The number of benzene rings is 2. The largest absolute Gasteiger partial charge is 0.368 e. The number of aryl methyl sites for hydroxylation is 2. The second-order valence-corrected chi connectivity index (χ2v) is 11.7. The number of nitrogens with one attached hydrogen (secondary N) is 2. The van der Waals surface area contributed by atoms with E-state index < -0.39 is 10.0 Å². The van der Waals surface area contributed by atoms with Gasteiger partial charge in [-0.3, -0.25) is 9.69 Å². The van der Waals surface area contributed by atoms with Gasteiger partial charge >= 0.3 is 0 Å². The fourth-order valence-electron chi connectivity index (χ4n) is 5.33. The Labute approximate surface area is 210 Å². The summed E-state index contributed by atoms with van der Waals surface area (Å²) in [6, 6.07) is 10.5. The number of nitrogens with zero attached hydrogens (tertiary/aromatic N) is 5. The molecule has 2 fully saturated rings. The lowest BCUT2D eigenvalue weighted by atomic mass is 10.1. The molecule has 1 aliphatic carbocycles. The molecule has 11 heteroatoms. The predicted molar refractivity (Wildman–Crippen MR) is 137 cm³/mol. The normalized spacial score (nSPS) is 19.0. The summed E-state index contributed by atoms with van der Waals surface area (Å²) in [6.45, 7) is 6.52. The van der Waals surface area contributed by atoms with Crippen LogP contribution in [0.4, 0.5) is 27.1 Å². The van der Waals surface area contributed by atoms with Crippen molar-refractivity contribution in [3.63, 3.8) is 0 Å². The Kier molecular flexibility index (Phi) is 5.47. The maximum absolute atomic E-state index is 13.5. The van der Waals surface area contributed by atoms with E-state index in [0.717, 1.165) is 47.6 Å². The monoisotopic (exact) mass is 511 g/mol. The van der Waals surface area contributed by atoms with Gasteiger partial charge in [0.2, 0.25) is 10.0 Å². The summed E-state index contributed by atoms with van der Waals surface area (Å²) in [5.41, 5.74) is 10.9. The van der Waals surface area contributed by atoms with Crippen molar-refractivity contribution >= 4 is 32.8 Å². The topological polar surface area (TPSA) is 85.7 Å². The number of sulfonamides is 1. The van der Waals surface area contributed by atoms with Gasteiger partial charge in [-0.05, 0) is 68.1 Å². The number of hydrazine groups is 2. The Morgan fingerprint density at radius 1 is 1.11 bits per heavy atom. The van der Waals surface area contributed by atoms with Crippen molar-refractivity contribution in [2.45, 2.75) is 50.1 Å². The van der Waals surface area contributed by atoms with Crippen molar-refractivity contribution in [1.82, 2.24) is 19.6 Å². The molecule has 0 bridgehead atoms.